The molecule has 1 aliphatic carbocycles. The van der Waals surface area contributed by atoms with Crippen molar-refractivity contribution in [3.63, 3.8) is 0 Å². The van der Waals surface area contributed by atoms with Crippen molar-refractivity contribution in [3.05, 3.63) is 24.2 Å². The van der Waals surface area contributed by atoms with Crippen LogP contribution in [0.15, 0.2) is 27.8 Å². The fourth-order valence-corrected chi connectivity index (χ4v) is 4.98. The monoisotopic (exact) mass is 418 g/mol. The summed E-state index contributed by atoms with van der Waals surface area (Å²) in [6.07, 6.45) is 11.6. The Bertz CT molecular complexity index is 637. The number of nitrogens with one attached hydrogen (secondary N) is 2. The van der Waals surface area contributed by atoms with Gasteiger partial charge in [0.25, 0.3) is 0 Å². The average Bonchev–Trinajstić information content (AvgIpc) is 3.47. The lowest BCUT2D eigenvalue weighted by atomic mass is 9.89. The van der Waals surface area contributed by atoms with Gasteiger partial charge in [-0.25, -0.2) is 0 Å². The van der Waals surface area contributed by atoms with Crippen LogP contribution in [0.2, 0.25) is 0 Å². The first kappa shape index (κ1) is 21.7. The van der Waals surface area contributed by atoms with Crippen molar-refractivity contribution >= 4 is 5.96 Å². The van der Waals surface area contributed by atoms with Gasteiger partial charge in [0, 0.05) is 44.7 Å². The third-order valence-electron chi connectivity index (χ3n) is 6.75. The molecule has 168 valence electrons. The molecule has 1 aromatic rings. The number of hydrogen-bond donors (Lipinski definition) is 3. The Morgan fingerprint density at radius 1 is 1.13 bits per heavy atom. The van der Waals surface area contributed by atoms with Crippen LogP contribution < -0.4 is 10.6 Å². The summed E-state index contributed by atoms with van der Waals surface area (Å²) in [4.78, 5) is 7.33. The highest BCUT2D eigenvalue weighted by atomic mass is 16.5. The predicted molar refractivity (Wildman–Crippen MR) is 118 cm³/mol. The largest absolute Gasteiger partial charge is 0.469 e. The molecular formula is C23H38N4O3. The fourth-order valence-electron chi connectivity index (χ4n) is 4.98. The summed E-state index contributed by atoms with van der Waals surface area (Å²) >= 11 is 0. The first-order valence-corrected chi connectivity index (χ1v) is 11.9. The molecule has 0 bridgehead atoms. The maximum Gasteiger partial charge on any atom is 0.191 e. The Morgan fingerprint density at radius 2 is 2.00 bits per heavy atom. The van der Waals surface area contributed by atoms with E-state index in [0.29, 0.717) is 18.6 Å². The highest BCUT2D eigenvalue weighted by Crippen LogP contribution is 2.25. The predicted octanol–water partition coefficient (Wildman–Crippen LogP) is 2.30. The molecular weight excluding hydrogens is 380 g/mol. The maximum atomic E-state index is 10.4. The van der Waals surface area contributed by atoms with E-state index in [1.54, 1.807) is 6.26 Å². The highest BCUT2D eigenvalue weighted by Gasteiger charge is 2.31. The second kappa shape index (κ2) is 11.2. The molecule has 3 atom stereocenters. The van der Waals surface area contributed by atoms with E-state index in [-0.39, 0.29) is 12.2 Å². The van der Waals surface area contributed by atoms with Crippen molar-refractivity contribution in [2.75, 3.05) is 32.8 Å². The van der Waals surface area contributed by atoms with Gasteiger partial charge in [0.15, 0.2) is 5.96 Å². The van der Waals surface area contributed by atoms with Crippen LogP contribution in [-0.4, -0.2) is 73.0 Å². The number of furan rings is 1. The van der Waals surface area contributed by atoms with Crippen molar-refractivity contribution < 1.29 is 14.3 Å². The molecule has 0 amide bonds. The Hall–Kier alpha value is -1.57. The maximum absolute atomic E-state index is 10.4. The average molecular weight is 419 g/mol. The van der Waals surface area contributed by atoms with Gasteiger partial charge in [0.1, 0.15) is 5.76 Å². The molecule has 2 saturated heterocycles. The molecule has 0 radical (unpaired) electrons. The number of likely N-dealkylation sites (tertiary alicyclic amines) is 1. The number of aliphatic hydroxyl groups is 1. The number of guanidine groups is 1. The molecule has 3 aliphatic rings. The summed E-state index contributed by atoms with van der Waals surface area (Å²) in [6, 6.07) is 4.71. The van der Waals surface area contributed by atoms with Gasteiger partial charge >= 0.3 is 0 Å². The van der Waals surface area contributed by atoms with E-state index in [2.05, 4.69) is 15.5 Å². The standard InChI is InChI=1S/C23H38N4O3/c28-22-8-2-1-7-21(22)27-13-10-18(11-14-27)26-23(25-17-20-6-4-16-30-20)24-12-9-19-5-3-15-29-19/h3,5,15,18,20-22,28H,1-2,4,6-14,16-17H2,(H2,24,25,26). The first-order chi connectivity index (χ1) is 14.8. The third-order valence-corrected chi connectivity index (χ3v) is 6.75. The van der Waals surface area contributed by atoms with E-state index in [1.165, 1.54) is 12.8 Å². The van der Waals surface area contributed by atoms with Crippen LogP contribution in [0, 0.1) is 0 Å². The Labute approximate surface area is 180 Å². The highest BCUT2D eigenvalue weighted by molar-refractivity contribution is 5.80. The summed E-state index contributed by atoms with van der Waals surface area (Å²) < 4.78 is 11.2. The number of hydrogen-bond acceptors (Lipinski definition) is 5. The minimum Gasteiger partial charge on any atom is -0.469 e. The van der Waals surface area contributed by atoms with E-state index in [4.69, 9.17) is 14.1 Å². The zero-order valence-corrected chi connectivity index (χ0v) is 18.1. The van der Waals surface area contributed by atoms with Gasteiger partial charge in [-0.3, -0.25) is 9.89 Å². The van der Waals surface area contributed by atoms with E-state index < -0.39 is 0 Å². The van der Waals surface area contributed by atoms with Crippen LogP contribution in [-0.2, 0) is 11.2 Å². The molecule has 1 saturated carbocycles. The van der Waals surface area contributed by atoms with E-state index in [0.717, 1.165) is 82.9 Å². The molecule has 2 aliphatic heterocycles. The molecule has 0 aromatic carbocycles. The summed E-state index contributed by atoms with van der Waals surface area (Å²) in [7, 11) is 0. The Morgan fingerprint density at radius 3 is 2.73 bits per heavy atom. The molecule has 0 spiro atoms. The summed E-state index contributed by atoms with van der Waals surface area (Å²) in [5.74, 6) is 1.87. The zero-order chi connectivity index (χ0) is 20.6. The topological polar surface area (TPSA) is 82.3 Å². The number of aliphatic hydroxyl groups excluding tert-OH is 1. The molecule has 1 aromatic heterocycles. The molecule has 3 N–H and O–H groups in total. The number of ether oxygens (including phenoxy) is 1. The van der Waals surface area contributed by atoms with Gasteiger partial charge in [-0.15, -0.1) is 0 Å². The molecule has 7 heteroatoms. The molecule has 4 rings (SSSR count). The van der Waals surface area contributed by atoms with Crippen molar-refractivity contribution in [3.8, 4) is 0 Å². The van der Waals surface area contributed by atoms with Gasteiger partial charge in [0.05, 0.1) is 25.0 Å². The number of aliphatic imine (C=N–C) groups is 1. The van der Waals surface area contributed by atoms with E-state index in [1.807, 2.05) is 12.1 Å². The van der Waals surface area contributed by atoms with Crippen LogP contribution in [0.3, 0.4) is 0 Å². The second-order valence-corrected chi connectivity index (χ2v) is 8.95. The van der Waals surface area contributed by atoms with Crippen molar-refractivity contribution in [1.82, 2.24) is 15.5 Å². The number of nitrogens with zero attached hydrogens (tertiary/aromatic N) is 2. The molecule has 3 heterocycles. The van der Waals surface area contributed by atoms with Crippen molar-refractivity contribution in [1.29, 1.82) is 0 Å². The minimum absolute atomic E-state index is 0.143. The van der Waals surface area contributed by atoms with Gasteiger partial charge < -0.3 is 24.9 Å². The summed E-state index contributed by atoms with van der Waals surface area (Å²) in [5, 5.41) is 17.5. The summed E-state index contributed by atoms with van der Waals surface area (Å²) in [6.45, 7) is 4.46. The quantitative estimate of drug-likeness (QED) is 0.466. The van der Waals surface area contributed by atoms with Crippen molar-refractivity contribution in [2.24, 2.45) is 4.99 Å². The van der Waals surface area contributed by atoms with Gasteiger partial charge in [-0.05, 0) is 50.7 Å². The lowest BCUT2D eigenvalue weighted by Gasteiger charge is -2.41. The Balaban J connectivity index is 1.26. The van der Waals surface area contributed by atoms with Gasteiger partial charge in [0.2, 0.25) is 0 Å². The van der Waals surface area contributed by atoms with E-state index in [9.17, 15) is 5.11 Å². The SMILES string of the molecule is OC1CCCCC1N1CCC(NC(=NCC2CCCO2)NCCc2ccco2)CC1. The van der Waals surface area contributed by atoms with Gasteiger partial charge in [-0.1, -0.05) is 12.8 Å². The zero-order valence-electron chi connectivity index (χ0n) is 18.1. The van der Waals surface area contributed by atoms with Crippen LogP contribution in [0.25, 0.3) is 0 Å². The van der Waals surface area contributed by atoms with Crippen molar-refractivity contribution in [2.45, 2.75) is 82.1 Å². The number of rotatable bonds is 7. The molecule has 3 unspecified atom stereocenters. The van der Waals surface area contributed by atoms with Gasteiger partial charge in [-0.2, -0.15) is 0 Å². The second-order valence-electron chi connectivity index (χ2n) is 8.95. The molecule has 3 fully saturated rings. The summed E-state index contributed by atoms with van der Waals surface area (Å²) in [5.41, 5.74) is 0. The fraction of sp³-hybridized carbons (Fsp3) is 0.783. The Kier molecular flexibility index (Phi) is 8.06. The lowest BCUT2D eigenvalue weighted by Crippen LogP contribution is -2.53. The van der Waals surface area contributed by atoms with Crippen LogP contribution in [0.1, 0.15) is 57.1 Å². The smallest absolute Gasteiger partial charge is 0.191 e. The number of piperidine rings is 1. The van der Waals surface area contributed by atoms with Crippen LogP contribution in [0.5, 0.6) is 0 Å². The minimum atomic E-state index is -0.143. The molecule has 7 nitrogen and oxygen atoms in total. The van der Waals surface area contributed by atoms with Crippen LogP contribution in [0.4, 0.5) is 0 Å². The first-order valence-electron chi connectivity index (χ1n) is 11.9. The van der Waals surface area contributed by atoms with E-state index >= 15 is 0 Å². The molecule has 30 heavy (non-hydrogen) atoms. The lowest BCUT2D eigenvalue weighted by molar-refractivity contribution is 0.00810. The normalized spacial score (nSPS) is 29.2. The third kappa shape index (κ3) is 6.22. The van der Waals surface area contributed by atoms with Crippen LogP contribution >= 0.6 is 0 Å².